The van der Waals surface area contributed by atoms with Crippen molar-refractivity contribution in [3.8, 4) is 0 Å². The summed E-state index contributed by atoms with van der Waals surface area (Å²) in [4.78, 5) is 37.1. The number of carbonyl (C=O) groups excluding carboxylic acids is 3. The average Bonchev–Trinajstić information content (AvgIpc) is 2.63. The van der Waals surface area contributed by atoms with Crippen molar-refractivity contribution in [2.24, 2.45) is 11.7 Å². The second-order valence-electron chi connectivity index (χ2n) is 6.02. The summed E-state index contributed by atoms with van der Waals surface area (Å²) in [5.41, 5.74) is 4.97. The van der Waals surface area contributed by atoms with Gasteiger partial charge < -0.3 is 16.0 Å². The summed E-state index contributed by atoms with van der Waals surface area (Å²) in [6.45, 7) is 4.78. The lowest BCUT2D eigenvalue weighted by Crippen LogP contribution is -2.60. The van der Waals surface area contributed by atoms with Crippen LogP contribution in [0.25, 0.3) is 0 Å². The first-order valence-electron chi connectivity index (χ1n) is 7.01. The third-order valence-electron chi connectivity index (χ3n) is 4.13. The number of hydrogen-bond acceptors (Lipinski definition) is 4. The molecule has 1 spiro atoms. The molecule has 2 heterocycles. The molecule has 2 fully saturated rings. The quantitative estimate of drug-likeness (QED) is 0.610. The Labute approximate surface area is 118 Å². The summed E-state index contributed by atoms with van der Waals surface area (Å²) >= 11 is 0. The Hall–Kier alpha value is -1.63. The topological polar surface area (TPSA) is 105 Å². The van der Waals surface area contributed by atoms with Crippen molar-refractivity contribution in [1.82, 2.24) is 15.5 Å². The molecule has 2 rings (SSSR count). The van der Waals surface area contributed by atoms with E-state index in [2.05, 4.69) is 10.6 Å². The van der Waals surface area contributed by atoms with E-state index in [4.69, 9.17) is 5.73 Å². The lowest BCUT2D eigenvalue weighted by molar-refractivity contribution is -0.136. The molecule has 0 aromatic heterocycles. The first-order valence-corrected chi connectivity index (χ1v) is 7.01. The predicted molar refractivity (Wildman–Crippen MR) is 72.6 cm³/mol. The van der Waals surface area contributed by atoms with Crippen LogP contribution in [0.2, 0.25) is 0 Å². The number of nitrogens with zero attached hydrogens (tertiary/aromatic N) is 1. The maximum absolute atomic E-state index is 12.2. The second kappa shape index (κ2) is 5.40. The van der Waals surface area contributed by atoms with E-state index in [9.17, 15) is 14.4 Å². The van der Waals surface area contributed by atoms with E-state index in [0.717, 1.165) is 0 Å². The Balaban J connectivity index is 2.02. The summed E-state index contributed by atoms with van der Waals surface area (Å²) in [6.07, 6.45) is 1.52. The van der Waals surface area contributed by atoms with Crippen molar-refractivity contribution in [2.45, 2.75) is 44.7 Å². The number of piperidine rings is 1. The van der Waals surface area contributed by atoms with Crippen molar-refractivity contribution in [3.05, 3.63) is 0 Å². The molecule has 0 radical (unpaired) electrons. The van der Waals surface area contributed by atoms with Gasteiger partial charge >= 0.3 is 6.03 Å². The number of nitrogens with one attached hydrogen (secondary N) is 2. The zero-order valence-corrected chi connectivity index (χ0v) is 11.9. The lowest BCUT2D eigenvalue weighted by Gasteiger charge is -2.38. The van der Waals surface area contributed by atoms with E-state index in [1.165, 1.54) is 0 Å². The lowest BCUT2D eigenvalue weighted by atomic mass is 9.88. The van der Waals surface area contributed by atoms with Gasteiger partial charge in [-0.3, -0.25) is 14.9 Å². The third-order valence-corrected chi connectivity index (χ3v) is 4.13. The molecule has 112 valence electrons. The number of urea groups is 1. The fraction of sp³-hybridized carbons (Fsp3) is 0.769. The molecule has 4 amide bonds. The van der Waals surface area contributed by atoms with E-state index in [1.807, 2.05) is 13.8 Å². The van der Waals surface area contributed by atoms with Crippen molar-refractivity contribution in [1.29, 1.82) is 0 Å². The van der Waals surface area contributed by atoms with Crippen molar-refractivity contribution in [2.75, 3.05) is 13.1 Å². The fourth-order valence-electron chi connectivity index (χ4n) is 2.65. The Kier molecular flexibility index (Phi) is 3.99. The smallest absolute Gasteiger partial charge is 0.322 e. The number of likely N-dealkylation sites (tertiary alicyclic amines) is 1. The molecule has 0 bridgehead atoms. The highest BCUT2D eigenvalue weighted by Crippen LogP contribution is 2.25. The van der Waals surface area contributed by atoms with E-state index >= 15 is 0 Å². The Morgan fingerprint density at radius 1 is 1.45 bits per heavy atom. The van der Waals surface area contributed by atoms with E-state index in [-0.39, 0.29) is 36.7 Å². The van der Waals surface area contributed by atoms with Crippen LogP contribution in [0.1, 0.15) is 33.1 Å². The minimum absolute atomic E-state index is 0.0563. The van der Waals surface area contributed by atoms with Crippen molar-refractivity contribution in [3.63, 3.8) is 0 Å². The molecule has 20 heavy (non-hydrogen) atoms. The Morgan fingerprint density at radius 2 is 2.15 bits per heavy atom. The fourth-order valence-corrected chi connectivity index (χ4v) is 2.65. The van der Waals surface area contributed by atoms with E-state index in [1.54, 1.807) is 4.90 Å². The van der Waals surface area contributed by atoms with Crippen molar-refractivity contribution >= 4 is 17.8 Å². The normalized spacial score (nSPS) is 27.7. The summed E-state index contributed by atoms with van der Waals surface area (Å²) in [5.74, 6) is -0.167. The molecule has 4 N–H and O–H groups in total. The summed E-state index contributed by atoms with van der Waals surface area (Å²) in [5, 5.41) is 4.90. The highest BCUT2D eigenvalue weighted by Gasteiger charge is 2.49. The number of nitrogens with two attached hydrogens (primary N) is 1. The van der Waals surface area contributed by atoms with Gasteiger partial charge in [-0.25, -0.2) is 4.79 Å². The monoisotopic (exact) mass is 282 g/mol. The van der Waals surface area contributed by atoms with Gasteiger partial charge in [0.05, 0.1) is 6.54 Å². The van der Waals surface area contributed by atoms with Crippen LogP contribution in [0.3, 0.4) is 0 Å². The largest absolute Gasteiger partial charge is 0.340 e. The van der Waals surface area contributed by atoms with Crippen molar-refractivity contribution < 1.29 is 14.4 Å². The zero-order chi connectivity index (χ0) is 14.9. The SMILES string of the molecule is CC(C)C(N)CC(=O)N1CCCC2(C1)NC(=O)NC2=O. The number of imide groups is 1. The maximum atomic E-state index is 12.2. The van der Waals surface area contributed by atoms with Gasteiger partial charge in [0.15, 0.2) is 0 Å². The van der Waals surface area contributed by atoms with Crippen LogP contribution in [-0.4, -0.2) is 47.4 Å². The van der Waals surface area contributed by atoms with Crippen LogP contribution in [0, 0.1) is 5.92 Å². The molecule has 0 aromatic carbocycles. The van der Waals surface area contributed by atoms with Gasteiger partial charge in [-0.05, 0) is 18.8 Å². The van der Waals surface area contributed by atoms with Gasteiger partial charge in [0, 0.05) is 19.0 Å². The minimum atomic E-state index is -0.951. The van der Waals surface area contributed by atoms with E-state index < -0.39 is 11.6 Å². The molecule has 0 aromatic rings. The molecule has 2 saturated heterocycles. The molecule has 2 aliphatic rings. The summed E-state index contributed by atoms with van der Waals surface area (Å²) in [7, 11) is 0. The van der Waals surface area contributed by atoms with Crippen LogP contribution >= 0.6 is 0 Å². The minimum Gasteiger partial charge on any atom is -0.340 e. The summed E-state index contributed by atoms with van der Waals surface area (Å²) < 4.78 is 0. The van der Waals surface area contributed by atoms with Gasteiger partial charge in [-0.2, -0.15) is 0 Å². The van der Waals surface area contributed by atoms with Gasteiger partial charge in [0.2, 0.25) is 5.91 Å². The van der Waals surface area contributed by atoms with Crippen LogP contribution in [0.15, 0.2) is 0 Å². The van der Waals surface area contributed by atoms with Gasteiger partial charge in [0.1, 0.15) is 5.54 Å². The third kappa shape index (κ3) is 2.77. The maximum Gasteiger partial charge on any atom is 0.322 e. The first-order chi connectivity index (χ1) is 9.34. The molecule has 0 aliphatic carbocycles. The molecule has 2 aliphatic heterocycles. The Bertz CT molecular complexity index is 437. The van der Waals surface area contributed by atoms with Crippen LogP contribution in [-0.2, 0) is 9.59 Å². The second-order valence-corrected chi connectivity index (χ2v) is 6.02. The van der Waals surface area contributed by atoms with Crippen LogP contribution in [0.4, 0.5) is 4.79 Å². The van der Waals surface area contributed by atoms with Gasteiger partial charge in [0.25, 0.3) is 5.91 Å². The molecular weight excluding hydrogens is 260 g/mol. The number of amides is 4. The molecule has 7 nitrogen and oxygen atoms in total. The molecule has 2 unspecified atom stereocenters. The highest BCUT2D eigenvalue weighted by atomic mass is 16.2. The molecule has 7 heteroatoms. The summed E-state index contributed by atoms with van der Waals surface area (Å²) in [6, 6.07) is -0.671. The standard InChI is InChI=1S/C13H22N4O3/c1-8(2)9(14)6-10(18)17-5-3-4-13(7-17)11(19)15-12(20)16-13/h8-9H,3-7,14H2,1-2H3,(H2,15,16,19,20). The van der Waals surface area contributed by atoms with Gasteiger partial charge in [-0.15, -0.1) is 0 Å². The van der Waals surface area contributed by atoms with Crippen LogP contribution in [0.5, 0.6) is 0 Å². The van der Waals surface area contributed by atoms with Crippen LogP contribution < -0.4 is 16.4 Å². The molecular formula is C13H22N4O3. The average molecular weight is 282 g/mol. The zero-order valence-electron chi connectivity index (χ0n) is 11.9. The highest BCUT2D eigenvalue weighted by molar-refractivity contribution is 6.07. The number of carbonyl (C=O) groups is 3. The Morgan fingerprint density at radius 3 is 2.70 bits per heavy atom. The first kappa shape index (κ1) is 14.8. The number of rotatable bonds is 3. The van der Waals surface area contributed by atoms with E-state index in [0.29, 0.717) is 19.4 Å². The number of hydrogen-bond donors (Lipinski definition) is 3. The molecule has 0 saturated carbocycles. The molecule has 2 atom stereocenters. The predicted octanol–water partition coefficient (Wildman–Crippen LogP) is -0.440. The van der Waals surface area contributed by atoms with Gasteiger partial charge in [-0.1, -0.05) is 13.8 Å².